The molecule has 0 aliphatic heterocycles. The number of unbranched alkanes of at least 4 members (excludes halogenated alkanes) is 14. The zero-order chi connectivity index (χ0) is 23.4. The Labute approximate surface area is 197 Å². The first-order valence-electron chi connectivity index (χ1n) is 13.3. The number of carbonyl (C=O) groups excluding carboxylic acids is 2. The van der Waals surface area contributed by atoms with E-state index in [1.165, 1.54) is 77.0 Å². The second-order valence-electron chi connectivity index (χ2n) is 9.15. The predicted molar refractivity (Wildman–Crippen MR) is 136 cm³/mol. The van der Waals surface area contributed by atoms with Crippen molar-refractivity contribution in [3.63, 3.8) is 0 Å². The van der Waals surface area contributed by atoms with Gasteiger partial charge in [-0.05, 0) is 25.0 Å². The molecular weight excluding hydrogens is 396 g/mol. The second-order valence-corrected chi connectivity index (χ2v) is 9.15. The SMILES string of the molecule is CCCCCCCCCCN(CCCCCCCCCC)C(=O)c1ccccc1C(N)=O. The fraction of sp³-hybridized carbons (Fsp3) is 0.714. The van der Waals surface area contributed by atoms with Crippen molar-refractivity contribution in [2.45, 2.75) is 117 Å². The van der Waals surface area contributed by atoms with Crippen LogP contribution >= 0.6 is 0 Å². The van der Waals surface area contributed by atoms with Gasteiger partial charge >= 0.3 is 0 Å². The van der Waals surface area contributed by atoms with E-state index in [2.05, 4.69) is 13.8 Å². The third kappa shape index (κ3) is 12.3. The lowest BCUT2D eigenvalue weighted by Gasteiger charge is -2.24. The van der Waals surface area contributed by atoms with Crippen LogP contribution in [0.4, 0.5) is 0 Å². The Morgan fingerprint density at radius 2 is 1.00 bits per heavy atom. The Kier molecular flexibility index (Phi) is 16.5. The summed E-state index contributed by atoms with van der Waals surface area (Å²) < 4.78 is 0. The van der Waals surface area contributed by atoms with E-state index in [1.807, 2.05) is 11.0 Å². The van der Waals surface area contributed by atoms with E-state index in [1.54, 1.807) is 18.2 Å². The van der Waals surface area contributed by atoms with Crippen LogP contribution in [0.5, 0.6) is 0 Å². The summed E-state index contributed by atoms with van der Waals surface area (Å²) in [7, 11) is 0. The van der Waals surface area contributed by atoms with Crippen LogP contribution in [-0.4, -0.2) is 29.8 Å². The number of amides is 2. The molecule has 0 aliphatic carbocycles. The molecule has 0 spiro atoms. The number of hydrogen-bond acceptors (Lipinski definition) is 2. The molecule has 1 aromatic carbocycles. The molecular formula is C28H48N2O2. The minimum absolute atomic E-state index is 0.0507. The monoisotopic (exact) mass is 444 g/mol. The van der Waals surface area contributed by atoms with Crippen molar-refractivity contribution >= 4 is 11.8 Å². The maximum atomic E-state index is 13.3. The zero-order valence-electron chi connectivity index (χ0n) is 20.9. The van der Waals surface area contributed by atoms with E-state index in [9.17, 15) is 9.59 Å². The van der Waals surface area contributed by atoms with Gasteiger partial charge in [-0.3, -0.25) is 9.59 Å². The lowest BCUT2D eigenvalue weighted by molar-refractivity contribution is 0.0744. The molecule has 1 aromatic rings. The van der Waals surface area contributed by atoms with E-state index < -0.39 is 5.91 Å². The minimum Gasteiger partial charge on any atom is -0.366 e. The Morgan fingerprint density at radius 1 is 0.625 bits per heavy atom. The van der Waals surface area contributed by atoms with E-state index >= 15 is 0 Å². The number of hydrogen-bond donors (Lipinski definition) is 1. The number of carbonyl (C=O) groups is 2. The van der Waals surface area contributed by atoms with Crippen LogP contribution in [0.25, 0.3) is 0 Å². The van der Waals surface area contributed by atoms with Crippen molar-refractivity contribution in [1.29, 1.82) is 0 Å². The molecule has 182 valence electrons. The van der Waals surface area contributed by atoms with Crippen LogP contribution in [0, 0.1) is 0 Å². The average molecular weight is 445 g/mol. The molecule has 0 fully saturated rings. The van der Waals surface area contributed by atoms with Gasteiger partial charge < -0.3 is 10.6 Å². The van der Waals surface area contributed by atoms with Crippen molar-refractivity contribution in [1.82, 2.24) is 4.90 Å². The summed E-state index contributed by atoms with van der Waals surface area (Å²) >= 11 is 0. The Morgan fingerprint density at radius 3 is 1.41 bits per heavy atom. The van der Waals surface area contributed by atoms with Crippen molar-refractivity contribution in [3.05, 3.63) is 35.4 Å². The molecule has 0 saturated carbocycles. The number of nitrogens with two attached hydrogens (primary N) is 1. The maximum absolute atomic E-state index is 13.3. The molecule has 0 heterocycles. The van der Waals surface area contributed by atoms with E-state index in [0.717, 1.165) is 38.8 Å². The zero-order valence-corrected chi connectivity index (χ0v) is 20.9. The molecule has 4 nitrogen and oxygen atoms in total. The first-order chi connectivity index (χ1) is 15.6. The van der Waals surface area contributed by atoms with Crippen LogP contribution in [-0.2, 0) is 0 Å². The summed E-state index contributed by atoms with van der Waals surface area (Å²) in [6.07, 6.45) is 20.0. The van der Waals surface area contributed by atoms with Gasteiger partial charge in [0.2, 0.25) is 5.91 Å². The average Bonchev–Trinajstić information content (AvgIpc) is 2.80. The van der Waals surface area contributed by atoms with Crippen molar-refractivity contribution in [2.24, 2.45) is 5.73 Å². The molecule has 0 aliphatic rings. The van der Waals surface area contributed by atoms with Gasteiger partial charge in [0.05, 0.1) is 11.1 Å². The minimum atomic E-state index is -0.534. The predicted octanol–water partition coefficient (Wildman–Crippen LogP) is 7.51. The molecule has 0 aromatic heterocycles. The number of nitrogens with zero attached hydrogens (tertiary/aromatic N) is 1. The molecule has 2 N–H and O–H groups in total. The second kappa shape index (κ2) is 18.7. The number of rotatable bonds is 20. The molecule has 0 bridgehead atoms. The van der Waals surface area contributed by atoms with Crippen molar-refractivity contribution in [3.8, 4) is 0 Å². The summed E-state index contributed by atoms with van der Waals surface area (Å²) in [5, 5.41) is 0. The van der Waals surface area contributed by atoms with Crippen molar-refractivity contribution in [2.75, 3.05) is 13.1 Å². The lowest BCUT2D eigenvalue weighted by atomic mass is 10.0. The number of benzene rings is 1. The number of primary amides is 1. The van der Waals surface area contributed by atoms with Gasteiger partial charge in [0, 0.05) is 13.1 Å². The van der Waals surface area contributed by atoms with Crippen LogP contribution < -0.4 is 5.73 Å². The summed E-state index contributed by atoms with van der Waals surface area (Å²) in [6.45, 7) is 6.01. The highest BCUT2D eigenvalue weighted by Crippen LogP contribution is 2.16. The third-order valence-corrected chi connectivity index (χ3v) is 6.27. The van der Waals surface area contributed by atoms with E-state index in [0.29, 0.717) is 11.1 Å². The lowest BCUT2D eigenvalue weighted by Crippen LogP contribution is -2.34. The van der Waals surface area contributed by atoms with Gasteiger partial charge in [-0.25, -0.2) is 0 Å². The highest BCUT2D eigenvalue weighted by atomic mass is 16.2. The van der Waals surface area contributed by atoms with Crippen LogP contribution in [0.2, 0.25) is 0 Å². The quantitative estimate of drug-likeness (QED) is 0.211. The van der Waals surface area contributed by atoms with Gasteiger partial charge in [0.1, 0.15) is 0 Å². The molecule has 0 unspecified atom stereocenters. The Hall–Kier alpha value is -1.84. The van der Waals surface area contributed by atoms with Crippen LogP contribution in [0.3, 0.4) is 0 Å². The molecule has 2 amide bonds. The van der Waals surface area contributed by atoms with E-state index in [-0.39, 0.29) is 5.91 Å². The maximum Gasteiger partial charge on any atom is 0.254 e. The normalized spacial score (nSPS) is 10.9. The summed E-state index contributed by atoms with van der Waals surface area (Å²) in [5.74, 6) is -0.585. The smallest absolute Gasteiger partial charge is 0.254 e. The van der Waals surface area contributed by atoms with Gasteiger partial charge in [0.25, 0.3) is 5.91 Å². The topological polar surface area (TPSA) is 63.4 Å². The molecule has 1 rings (SSSR count). The van der Waals surface area contributed by atoms with Crippen LogP contribution in [0.15, 0.2) is 24.3 Å². The van der Waals surface area contributed by atoms with Crippen molar-refractivity contribution < 1.29 is 9.59 Å². The first-order valence-corrected chi connectivity index (χ1v) is 13.3. The highest BCUT2D eigenvalue weighted by molar-refractivity contribution is 6.06. The van der Waals surface area contributed by atoms with Gasteiger partial charge in [-0.15, -0.1) is 0 Å². The fourth-order valence-electron chi connectivity index (χ4n) is 4.24. The summed E-state index contributed by atoms with van der Waals surface area (Å²) in [6, 6.07) is 6.96. The largest absolute Gasteiger partial charge is 0.366 e. The van der Waals surface area contributed by atoms with Crippen LogP contribution in [0.1, 0.15) is 137 Å². The van der Waals surface area contributed by atoms with E-state index in [4.69, 9.17) is 5.73 Å². The fourth-order valence-corrected chi connectivity index (χ4v) is 4.24. The molecule has 4 heteroatoms. The summed E-state index contributed by atoms with van der Waals surface area (Å²) in [5.41, 5.74) is 6.29. The van der Waals surface area contributed by atoms with Gasteiger partial charge in [-0.2, -0.15) is 0 Å². The molecule has 32 heavy (non-hydrogen) atoms. The molecule has 0 radical (unpaired) electrons. The standard InChI is InChI=1S/C28H48N2O2/c1-3-5-7-9-11-13-15-19-23-30(24-20-16-14-12-10-8-6-4-2)28(32)26-22-18-17-21-25(26)27(29)31/h17-18,21-22H,3-16,19-20,23-24H2,1-2H3,(H2,29,31). The molecule has 0 atom stereocenters. The Bertz CT molecular complexity index is 610. The molecule has 0 saturated heterocycles. The van der Waals surface area contributed by atoms with Gasteiger partial charge in [0.15, 0.2) is 0 Å². The summed E-state index contributed by atoms with van der Waals surface area (Å²) in [4.78, 5) is 27.0. The Balaban J connectivity index is 2.53. The third-order valence-electron chi connectivity index (χ3n) is 6.27. The first kappa shape index (κ1) is 28.2. The highest BCUT2D eigenvalue weighted by Gasteiger charge is 2.20. The van der Waals surface area contributed by atoms with Gasteiger partial charge in [-0.1, -0.05) is 116 Å².